The molecule has 0 saturated carbocycles. The minimum Gasteiger partial charge on any atom is -0.344 e. The van der Waals surface area contributed by atoms with Crippen LogP contribution in [0.4, 0.5) is 24.8 Å². The number of anilines is 2. The van der Waals surface area contributed by atoms with Crippen molar-refractivity contribution in [2.75, 3.05) is 10.6 Å². The van der Waals surface area contributed by atoms with Crippen LogP contribution in [-0.4, -0.2) is 30.6 Å². The van der Waals surface area contributed by atoms with Gasteiger partial charge in [0.25, 0.3) is 0 Å². The van der Waals surface area contributed by atoms with Crippen LogP contribution in [-0.2, 0) is 16.8 Å². The number of benzene rings is 1. The lowest BCUT2D eigenvalue weighted by atomic mass is 9.72. The molecule has 3 aromatic heterocycles. The standard InChI is InChI=1S/C24H18F3N7O/c1-11-7-24(2)8-17(35)30-21-18(24)20(29-11)31-22(32-21)19-13-6-12(25)9-28-23(13)34(33-19)10-14-15(26)4-3-5-16(14)27/h3-6,9H,1,7-8,10H2,2H3,(H2,29,30,31,32,35). The zero-order chi connectivity index (χ0) is 24.5. The molecule has 0 aliphatic carbocycles. The Morgan fingerprint density at radius 1 is 1.11 bits per heavy atom. The van der Waals surface area contributed by atoms with Crippen LogP contribution in [0.2, 0.25) is 0 Å². The van der Waals surface area contributed by atoms with E-state index in [9.17, 15) is 18.0 Å². The fourth-order valence-corrected chi connectivity index (χ4v) is 4.91. The zero-order valence-corrected chi connectivity index (χ0v) is 18.5. The lowest BCUT2D eigenvalue weighted by Gasteiger charge is -2.40. The summed E-state index contributed by atoms with van der Waals surface area (Å²) in [6, 6.07) is 4.77. The first kappa shape index (κ1) is 21.3. The average Bonchev–Trinajstić information content (AvgIpc) is 3.12. The van der Waals surface area contributed by atoms with Crippen molar-refractivity contribution in [3.05, 3.63) is 71.3 Å². The molecular formula is C24H18F3N7O. The van der Waals surface area contributed by atoms with Gasteiger partial charge in [0.05, 0.1) is 18.1 Å². The third kappa shape index (κ3) is 3.34. The molecule has 2 aliphatic heterocycles. The molecule has 1 amide bonds. The first-order valence-electron chi connectivity index (χ1n) is 10.8. The molecule has 2 N–H and O–H groups in total. The Hall–Kier alpha value is -4.28. The van der Waals surface area contributed by atoms with E-state index in [0.717, 1.165) is 23.9 Å². The van der Waals surface area contributed by atoms with E-state index < -0.39 is 22.9 Å². The van der Waals surface area contributed by atoms with E-state index in [2.05, 4.69) is 37.3 Å². The molecule has 0 saturated heterocycles. The molecule has 176 valence electrons. The van der Waals surface area contributed by atoms with Gasteiger partial charge in [0.2, 0.25) is 5.91 Å². The van der Waals surface area contributed by atoms with E-state index in [1.54, 1.807) is 0 Å². The van der Waals surface area contributed by atoms with Crippen molar-refractivity contribution in [3.8, 4) is 11.5 Å². The van der Waals surface area contributed by atoms with Gasteiger partial charge in [-0.25, -0.2) is 32.8 Å². The van der Waals surface area contributed by atoms with E-state index in [4.69, 9.17) is 0 Å². The van der Waals surface area contributed by atoms with Crippen LogP contribution in [0.15, 0.2) is 42.7 Å². The summed E-state index contributed by atoms with van der Waals surface area (Å²) in [5.74, 6) is -1.40. The number of pyridine rings is 1. The Morgan fingerprint density at radius 3 is 2.57 bits per heavy atom. The minimum atomic E-state index is -0.739. The molecule has 4 aromatic rings. The highest BCUT2D eigenvalue weighted by Gasteiger charge is 2.43. The topological polar surface area (TPSA) is 97.6 Å². The quantitative estimate of drug-likeness (QED) is 0.457. The van der Waals surface area contributed by atoms with E-state index >= 15 is 0 Å². The van der Waals surface area contributed by atoms with Gasteiger partial charge in [-0.15, -0.1) is 0 Å². The molecule has 0 spiro atoms. The fourth-order valence-electron chi connectivity index (χ4n) is 4.91. The number of carbonyl (C=O) groups excluding carboxylic acids is 1. The van der Waals surface area contributed by atoms with Crippen LogP contribution < -0.4 is 10.6 Å². The number of hydrogen-bond donors (Lipinski definition) is 2. The summed E-state index contributed by atoms with van der Waals surface area (Å²) in [4.78, 5) is 25.7. The number of rotatable bonds is 3. The molecule has 2 aliphatic rings. The maximum absolute atomic E-state index is 14.3. The van der Waals surface area contributed by atoms with Crippen LogP contribution in [0.1, 0.15) is 30.9 Å². The number of halogens is 3. The van der Waals surface area contributed by atoms with Gasteiger partial charge in [0, 0.05) is 28.7 Å². The summed E-state index contributed by atoms with van der Waals surface area (Å²) in [5.41, 5.74) is 1.08. The molecule has 0 radical (unpaired) electrons. The predicted octanol–water partition coefficient (Wildman–Crippen LogP) is 4.28. The van der Waals surface area contributed by atoms with Crippen LogP contribution >= 0.6 is 0 Å². The number of nitrogens with one attached hydrogen (secondary N) is 2. The molecule has 1 unspecified atom stereocenters. The molecule has 5 heterocycles. The van der Waals surface area contributed by atoms with Gasteiger partial charge in [-0.2, -0.15) is 5.10 Å². The Bertz CT molecular complexity index is 1520. The molecule has 8 nitrogen and oxygen atoms in total. The van der Waals surface area contributed by atoms with Crippen molar-refractivity contribution in [3.63, 3.8) is 0 Å². The Morgan fingerprint density at radius 2 is 1.83 bits per heavy atom. The highest BCUT2D eigenvalue weighted by atomic mass is 19.1. The lowest BCUT2D eigenvalue weighted by Crippen LogP contribution is -2.40. The Balaban J connectivity index is 1.56. The second-order valence-corrected chi connectivity index (χ2v) is 9.04. The van der Waals surface area contributed by atoms with Gasteiger partial charge >= 0.3 is 0 Å². The fraction of sp³-hybridized carbons (Fsp3) is 0.208. The Kier molecular flexibility index (Phi) is 4.47. The Labute approximate surface area is 196 Å². The van der Waals surface area contributed by atoms with Crippen molar-refractivity contribution >= 4 is 28.6 Å². The number of hydrogen-bond acceptors (Lipinski definition) is 6. The summed E-state index contributed by atoms with van der Waals surface area (Å²) in [6.07, 6.45) is 1.80. The number of nitrogens with zero attached hydrogens (tertiary/aromatic N) is 5. The van der Waals surface area contributed by atoms with Crippen molar-refractivity contribution in [2.45, 2.75) is 31.7 Å². The first-order chi connectivity index (χ1) is 16.7. The van der Waals surface area contributed by atoms with Crippen LogP contribution in [0.25, 0.3) is 22.6 Å². The van der Waals surface area contributed by atoms with Gasteiger partial charge in [0.1, 0.15) is 34.8 Å². The number of fused-ring (bicyclic) bond motifs is 1. The molecule has 35 heavy (non-hydrogen) atoms. The van der Waals surface area contributed by atoms with Crippen molar-refractivity contribution in [1.82, 2.24) is 24.7 Å². The van der Waals surface area contributed by atoms with Gasteiger partial charge in [-0.3, -0.25) is 4.79 Å². The molecule has 6 rings (SSSR count). The van der Waals surface area contributed by atoms with Crippen LogP contribution in [0, 0.1) is 17.5 Å². The zero-order valence-electron chi connectivity index (χ0n) is 18.5. The second kappa shape index (κ2) is 7.36. The van der Waals surface area contributed by atoms with Crippen LogP contribution in [0.5, 0.6) is 0 Å². The maximum Gasteiger partial charge on any atom is 0.226 e. The summed E-state index contributed by atoms with van der Waals surface area (Å²) < 4.78 is 44.1. The van der Waals surface area contributed by atoms with Gasteiger partial charge in [-0.1, -0.05) is 19.6 Å². The smallest absolute Gasteiger partial charge is 0.226 e. The molecule has 11 heteroatoms. The molecule has 0 bridgehead atoms. The number of amides is 1. The van der Waals surface area contributed by atoms with Crippen molar-refractivity contribution < 1.29 is 18.0 Å². The van der Waals surface area contributed by atoms with E-state index in [1.165, 1.54) is 16.8 Å². The van der Waals surface area contributed by atoms with Crippen molar-refractivity contribution in [2.24, 2.45) is 0 Å². The van der Waals surface area contributed by atoms with Crippen molar-refractivity contribution in [1.29, 1.82) is 0 Å². The summed E-state index contributed by atoms with van der Waals surface area (Å²) in [7, 11) is 0. The summed E-state index contributed by atoms with van der Waals surface area (Å²) in [5, 5.41) is 10.7. The molecule has 1 aromatic carbocycles. The van der Waals surface area contributed by atoms with Gasteiger partial charge in [0.15, 0.2) is 11.5 Å². The molecule has 1 atom stereocenters. The maximum atomic E-state index is 14.3. The average molecular weight is 477 g/mol. The predicted molar refractivity (Wildman–Crippen MR) is 122 cm³/mol. The summed E-state index contributed by atoms with van der Waals surface area (Å²) in [6.45, 7) is 5.68. The minimum absolute atomic E-state index is 0.0932. The lowest BCUT2D eigenvalue weighted by molar-refractivity contribution is -0.117. The molecule has 0 fully saturated rings. The van der Waals surface area contributed by atoms with E-state index in [-0.39, 0.29) is 47.0 Å². The largest absolute Gasteiger partial charge is 0.344 e. The number of aromatic nitrogens is 5. The van der Waals surface area contributed by atoms with Gasteiger partial charge in [-0.05, 0) is 24.6 Å². The van der Waals surface area contributed by atoms with Crippen LogP contribution in [0.3, 0.4) is 0 Å². The number of carbonyl (C=O) groups is 1. The summed E-state index contributed by atoms with van der Waals surface area (Å²) >= 11 is 0. The third-order valence-electron chi connectivity index (χ3n) is 6.35. The van der Waals surface area contributed by atoms with Gasteiger partial charge < -0.3 is 10.6 Å². The third-order valence-corrected chi connectivity index (χ3v) is 6.35. The van der Waals surface area contributed by atoms with E-state index in [0.29, 0.717) is 23.8 Å². The number of allylic oxidation sites excluding steroid dienone is 1. The first-order valence-corrected chi connectivity index (χ1v) is 10.8. The normalized spacial score (nSPS) is 18.9. The van der Waals surface area contributed by atoms with E-state index in [1.807, 2.05) is 6.92 Å². The monoisotopic (exact) mass is 477 g/mol. The highest BCUT2D eigenvalue weighted by Crippen LogP contribution is 2.48. The molecular weight excluding hydrogens is 459 g/mol. The highest BCUT2D eigenvalue weighted by molar-refractivity contribution is 5.97. The SMILES string of the molecule is C=C1CC2(C)CC(=O)Nc3nc(-c4nn(Cc5c(F)cccc5F)c5ncc(F)cc45)nc(c32)N1. The second-order valence-electron chi connectivity index (χ2n) is 9.04.